The molecule has 1 saturated heterocycles. The van der Waals surface area contributed by atoms with Crippen LogP contribution in [0.5, 0.6) is 5.75 Å². The molecule has 1 aromatic heterocycles. The number of amides is 1. The number of carbonyl (C=O) groups is 1. The second kappa shape index (κ2) is 11.3. The highest BCUT2D eigenvalue weighted by Crippen LogP contribution is 2.23. The first kappa shape index (κ1) is 23.9. The van der Waals surface area contributed by atoms with E-state index in [0.717, 1.165) is 23.3 Å². The average molecular weight is 480 g/mol. The van der Waals surface area contributed by atoms with Crippen LogP contribution in [0.15, 0.2) is 84.0 Å². The highest BCUT2D eigenvalue weighted by molar-refractivity contribution is 7.89. The Balaban J connectivity index is 1.18. The molecule has 1 fully saturated rings. The van der Waals surface area contributed by atoms with Gasteiger partial charge in [0.15, 0.2) is 0 Å². The number of sulfonamides is 1. The topological polar surface area (TPSA) is 88.6 Å². The number of aromatic nitrogens is 1. The molecule has 1 N–H and O–H groups in total. The fourth-order valence-electron chi connectivity index (χ4n) is 3.97. The molecule has 4 rings (SSSR count). The molecular weight excluding hydrogens is 450 g/mol. The monoisotopic (exact) mass is 479 g/mol. The SMILES string of the molecule is O=C(NCCc1ccc(OCc2ccccc2)cc1)C1CCN(S(=O)(=O)c2cccnc2)CC1. The van der Waals surface area contributed by atoms with E-state index < -0.39 is 10.0 Å². The number of nitrogens with one attached hydrogen (secondary N) is 1. The summed E-state index contributed by atoms with van der Waals surface area (Å²) in [5, 5.41) is 3.00. The van der Waals surface area contributed by atoms with Gasteiger partial charge in [0.25, 0.3) is 0 Å². The molecule has 2 aromatic carbocycles. The van der Waals surface area contributed by atoms with Crippen molar-refractivity contribution in [3.63, 3.8) is 0 Å². The van der Waals surface area contributed by atoms with E-state index in [-0.39, 0.29) is 16.7 Å². The van der Waals surface area contributed by atoms with Gasteiger partial charge in [0.1, 0.15) is 17.3 Å². The molecule has 1 aliphatic heterocycles. The smallest absolute Gasteiger partial charge is 0.244 e. The van der Waals surface area contributed by atoms with E-state index in [2.05, 4.69) is 10.3 Å². The summed E-state index contributed by atoms with van der Waals surface area (Å²) in [5.41, 5.74) is 2.24. The van der Waals surface area contributed by atoms with Crippen LogP contribution in [0.2, 0.25) is 0 Å². The Morgan fingerprint density at radius 1 is 0.971 bits per heavy atom. The molecule has 7 nitrogen and oxygen atoms in total. The number of carbonyl (C=O) groups excluding carboxylic acids is 1. The van der Waals surface area contributed by atoms with Gasteiger partial charge in [-0.2, -0.15) is 4.31 Å². The molecule has 0 aliphatic carbocycles. The molecule has 0 radical (unpaired) electrons. The summed E-state index contributed by atoms with van der Waals surface area (Å²) in [4.78, 5) is 16.7. The van der Waals surface area contributed by atoms with Crippen molar-refractivity contribution < 1.29 is 17.9 Å². The molecular formula is C26H29N3O4S. The maximum Gasteiger partial charge on any atom is 0.244 e. The first-order valence-electron chi connectivity index (χ1n) is 11.5. The lowest BCUT2D eigenvalue weighted by molar-refractivity contribution is -0.126. The summed E-state index contributed by atoms with van der Waals surface area (Å²) >= 11 is 0. The van der Waals surface area contributed by atoms with Gasteiger partial charge < -0.3 is 10.1 Å². The molecule has 0 bridgehead atoms. The predicted molar refractivity (Wildman–Crippen MR) is 130 cm³/mol. The van der Waals surface area contributed by atoms with Crippen LogP contribution in [0.1, 0.15) is 24.0 Å². The van der Waals surface area contributed by atoms with Crippen LogP contribution in [0.4, 0.5) is 0 Å². The van der Waals surface area contributed by atoms with Gasteiger partial charge in [-0.1, -0.05) is 42.5 Å². The Morgan fingerprint density at radius 3 is 2.38 bits per heavy atom. The number of nitrogens with zero attached hydrogens (tertiary/aromatic N) is 2. The molecule has 178 valence electrons. The summed E-state index contributed by atoms with van der Waals surface area (Å²) in [6.45, 7) is 1.73. The van der Waals surface area contributed by atoms with Gasteiger partial charge in [-0.15, -0.1) is 0 Å². The van der Waals surface area contributed by atoms with Crippen molar-refractivity contribution in [2.45, 2.75) is 30.8 Å². The molecule has 34 heavy (non-hydrogen) atoms. The van der Waals surface area contributed by atoms with Crippen LogP contribution in [-0.4, -0.2) is 43.2 Å². The lowest BCUT2D eigenvalue weighted by Crippen LogP contribution is -2.43. The quantitative estimate of drug-likeness (QED) is 0.508. The largest absolute Gasteiger partial charge is 0.489 e. The van der Waals surface area contributed by atoms with E-state index >= 15 is 0 Å². The van der Waals surface area contributed by atoms with Crippen molar-refractivity contribution in [3.05, 3.63) is 90.3 Å². The third-order valence-corrected chi connectivity index (χ3v) is 7.86. The summed E-state index contributed by atoms with van der Waals surface area (Å²) < 4.78 is 32.7. The zero-order chi connectivity index (χ0) is 23.8. The predicted octanol–water partition coefficient (Wildman–Crippen LogP) is 3.42. The average Bonchev–Trinajstić information content (AvgIpc) is 2.89. The number of benzene rings is 2. The number of rotatable bonds is 9. The van der Waals surface area contributed by atoms with Crippen molar-refractivity contribution >= 4 is 15.9 Å². The van der Waals surface area contributed by atoms with Crippen molar-refractivity contribution in [3.8, 4) is 5.75 Å². The Kier molecular flexibility index (Phi) is 7.92. The van der Waals surface area contributed by atoms with Crippen LogP contribution in [0.3, 0.4) is 0 Å². The van der Waals surface area contributed by atoms with E-state index in [1.165, 1.54) is 10.5 Å². The minimum Gasteiger partial charge on any atom is -0.489 e. The van der Waals surface area contributed by atoms with Crippen molar-refractivity contribution in [1.29, 1.82) is 0 Å². The highest BCUT2D eigenvalue weighted by atomic mass is 32.2. The van der Waals surface area contributed by atoms with Crippen LogP contribution < -0.4 is 10.1 Å². The molecule has 1 aliphatic rings. The molecule has 3 aromatic rings. The molecule has 0 atom stereocenters. The molecule has 2 heterocycles. The fraction of sp³-hybridized carbons (Fsp3) is 0.308. The van der Waals surface area contributed by atoms with Crippen molar-refractivity contribution in [1.82, 2.24) is 14.6 Å². The molecule has 1 amide bonds. The van der Waals surface area contributed by atoms with Gasteiger partial charge in [0, 0.05) is 37.9 Å². The Labute approximate surface area is 200 Å². The van der Waals surface area contributed by atoms with Crippen molar-refractivity contribution in [2.75, 3.05) is 19.6 Å². The minimum atomic E-state index is -3.56. The van der Waals surface area contributed by atoms with Crippen LogP contribution in [-0.2, 0) is 27.8 Å². The van der Waals surface area contributed by atoms with E-state index in [1.807, 2.05) is 54.6 Å². The summed E-state index contributed by atoms with van der Waals surface area (Å²) in [6, 6.07) is 21.1. The Morgan fingerprint density at radius 2 is 1.71 bits per heavy atom. The second-order valence-electron chi connectivity index (χ2n) is 8.33. The molecule has 0 unspecified atom stereocenters. The van der Waals surface area contributed by atoms with Crippen LogP contribution >= 0.6 is 0 Å². The number of hydrogen-bond acceptors (Lipinski definition) is 5. The second-order valence-corrected chi connectivity index (χ2v) is 10.3. The normalized spacial score (nSPS) is 15.1. The number of ether oxygens (including phenoxy) is 1. The third kappa shape index (κ3) is 6.21. The van der Waals surface area contributed by atoms with E-state index in [9.17, 15) is 13.2 Å². The number of hydrogen-bond donors (Lipinski definition) is 1. The number of piperidine rings is 1. The zero-order valence-corrected chi connectivity index (χ0v) is 19.8. The van der Waals surface area contributed by atoms with Crippen LogP contribution in [0.25, 0.3) is 0 Å². The lowest BCUT2D eigenvalue weighted by Gasteiger charge is -2.30. The first-order chi connectivity index (χ1) is 16.5. The highest BCUT2D eigenvalue weighted by Gasteiger charge is 2.32. The van der Waals surface area contributed by atoms with Crippen LogP contribution in [0, 0.1) is 5.92 Å². The Bertz CT molecular complexity index is 1160. The van der Waals surface area contributed by atoms with E-state index in [4.69, 9.17) is 4.74 Å². The van der Waals surface area contributed by atoms with Gasteiger partial charge in [-0.25, -0.2) is 8.42 Å². The first-order valence-corrected chi connectivity index (χ1v) is 12.9. The maximum atomic E-state index is 12.7. The lowest BCUT2D eigenvalue weighted by atomic mass is 9.97. The van der Waals surface area contributed by atoms with Gasteiger partial charge in [0.05, 0.1) is 0 Å². The van der Waals surface area contributed by atoms with Gasteiger partial charge in [-0.3, -0.25) is 9.78 Å². The summed E-state index contributed by atoms with van der Waals surface area (Å²) in [7, 11) is -3.56. The number of pyridine rings is 1. The van der Waals surface area contributed by atoms with Crippen molar-refractivity contribution in [2.24, 2.45) is 5.92 Å². The molecule has 0 spiro atoms. The van der Waals surface area contributed by atoms with Gasteiger partial charge in [-0.05, 0) is 54.7 Å². The third-order valence-electron chi connectivity index (χ3n) is 5.98. The summed E-state index contributed by atoms with van der Waals surface area (Å²) in [5.74, 6) is 0.625. The van der Waals surface area contributed by atoms with E-state index in [1.54, 1.807) is 18.3 Å². The van der Waals surface area contributed by atoms with Gasteiger partial charge in [0.2, 0.25) is 15.9 Å². The molecule has 8 heteroatoms. The summed E-state index contributed by atoms with van der Waals surface area (Å²) in [6.07, 6.45) is 4.65. The maximum absolute atomic E-state index is 12.7. The standard InChI is InChI=1S/C26H29N3O4S/c30-26(23-13-17-29(18-14-23)34(31,32)25-7-4-15-27-19-25)28-16-12-21-8-10-24(11-9-21)33-20-22-5-2-1-3-6-22/h1-11,15,19,23H,12-14,16-18,20H2,(H,28,30). The molecule has 0 saturated carbocycles. The van der Waals surface area contributed by atoms with Gasteiger partial charge >= 0.3 is 0 Å². The Hall–Kier alpha value is -3.23. The fourth-order valence-corrected chi connectivity index (χ4v) is 5.41. The van der Waals surface area contributed by atoms with E-state index in [0.29, 0.717) is 39.1 Å². The zero-order valence-electron chi connectivity index (χ0n) is 19.0. The minimum absolute atomic E-state index is 0.0127.